The average molecular weight is 257 g/mol. The van der Waals surface area contributed by atoms with Crippen LogP contribution in [0.4, 0.5) is 0 Å². The summed E-state index contributed by atoms with van der Waals surface area (Å²) in [7, 11) is 0. The van der Waals surface area contributed by atoms with Gasteiger partial charge in [-0.2, -0.15) is 0 Å². The minimum Gasteiger partial charge on any atom is -0.463 e. The van der Waals surface area contributed by atoms with Crippen LogP contribution >= 0.6 is 0 Å². The maximum atomic E-state index is 11.2. The summed E-state index contributed by atoms with van der Waals surface area (Å²) in [6.07, 6.45) is 4.27. The first-order chi connectivity index (χ1) is 8.70. The van der Waals surface area contributed by atoms with E-state index in [4.69, 9.17) is 14.6 Å². The molecule has 0 amide bonds. The summed E-state index contributed by atoms with van der Waals surface area (Å²) in [5.74, 6) is -0.300. The molecule has 0 aliphatic heterocycles. The number of unbranched alkanes of at least 4 members (excludes halogenated alkanes) is 2. The van der Waals surface area contributed by atoms with Crippen LogP contribution < -0.4 is 0 Å². The van der Waals surface area contributed by atoms with Gasteiger partial charge < -0.3 is 14.6 Å². The molecule has 0 aromatic carbocycles. The topological polar surface area (TPSA) is 85.2 Å². The van der Waals surface area contributed by atoms with E-state index in [0.29, 0.717) is 19.4 Å². The van der Waals surface area contributed by atoms with Gasteiger partial charge in [0.25, 0.3) is 0 Å². The maximum absolute atomic E-state index is 11.2. The van der Waals surface area contributed by atoms with Gasteiger partial charge in [-0.15, -0.1) is 0 Å². The molecule has 1 atom stereocenters. The van der Waals surface area contributed by atoms with Crippen LogP contribution in [0.25, 0.3) is 0 Å². The molecule has 0 heterocycles. The molecule has 0 bridgehead atoms. The Hall–Kier alpha value is -1.49. The van der Waals surface area contributed by atoms with Crippen molar-refractivity contribution in [2.45, 2.75) is 32.0 Å². The lowest BCUT2D eigenvalue weighted by atomic mass is 10.2. The van der Waals surface area contributed by atoms with Crippen LogP contribution in [0.15, 0.2) is 17.6 Å². The normalized spacial score (nSPS) is 11.4. The maximum Gasteiger partial charge on any atom is 0.305 e. The summed E-state index contributed by atoms with van der Waals surface area (Å²) in [4.78, 5) is 24.4. The number of ether oxygens (including phenoxy) is 2. The molecule has 0 saturated heterocycles. The zero-order chi connectivity index (χ0) is 13.6. The van der Waals surface area contributed by atoms with Gasteiger partial charge in [-0.25, -0.2) is 9.79 Å². The van der Waals surface area contributed by atoms with Gasteiger partial charge in [-0.1, -0.05) is 13.0 Å². The Morgan fingerprint density at radius 2 is 2.17 bits per heavy atom. The van der Waals surface area contributed by atoms with Crippen molar-refractivity contribution in [2.24, 2.45) is 4.99 Å². The van der Waals surface area contributed by atoms with Crippen molar-refractivity contribution >= 4 is 12.0 Å². The number of nitrogens with zero attached hydrogens (tertiary/aromatic N) is 1. The predicted octanol–water partition coefficient (Wildman–Crippen LogP) is 0.947. The van der Waals surface area contributed by atoms with E-state index >= 15 is 0 Å². The first kappa shape index (κ1) is 16.5. The first-order valence-electron chi connectivity index (χ1n) is 5.82. The molecule has 6 heteroatoms. The second-order valence-electron chi connectivity index (χ2n) is 3.50. The third kappa shape index (κ3) is 11.0. The number of hydrogen-bond acceptors (Lipinski definition) is 6. The summed E-state index contributed by atoms with van der Waals surface area (Å²) < 4.78 is 9.69. The minimum atomic E-state index is -1.03. The van der Waals surface area contributed by atoms with Gasteiger partial charge in [0.2, 0.25) is 6.08 Å². The number of carbonyl (C=O) groups excluding carboxylic acids is 2. The highest BCUT2D eigenvalue weighted by Gasteiger charge is 2.03. The van der Waals surface area contributed by atoms with Gasteiger partial charge in [0, 0.05) is 6.42 Å². The predicted molar refractivity (Wildman–Crippen MR) is 64.6 cm³/mol. The highest BCUT2D eigenvalue weighted by atomic mass is 16.6. The first-order valence-corrected chi connectivity index (χ1v) is 5.82. The monoisotopic (exact) mass is 257 g/mol. The van der Waals surface area contributed by atoms with Crippen molar-refractivity contribution in [3.8, 4) is 0 Å². The molecule has 0 rings (SSSR count). The highest BCUT2D eigenvalue weighted by Crippen LogP contribution is 2.01. The Kier molecular flexibility index (Phi) is 11.0. The molecule has 0 aromatic heterocycles. The summed E-state index contributed by atoms with van der Waals surface area (Å²) in [5, 5.41) is 8.95. The Balaban J connectivity index is 3.32. The fourth-order valence-electron chi connectivity index (χ4n) is 1.15. The summed E-state index contributed by atoms with van der Waals surface area (Å²) in [6.45, 7) is 4.02. The Morgan fingerprint density at radius 3 is 2.83 bits per heavy atom. The third-order valence-electron chi connectivity index (χ3n) is 2.05. The van der Waals surface area contributed by atoms with Crippen LogP contribution in [0.5, 0.6) is 0 Å². The number of aliphatic hydroxyl groups is 1. The Morgan fingerprint density at radius 1 is 1.39 bits per heavy atom. The molecule has 0 spiro atoms. The Labute approximate surface area is 106 Å². The fraction of sp³-hybridized carbons (Fsp3) is 0.667. The highest BCUT2D eigenvalue weighted by molar-refractivity contribution is 5.69. The van der Waals surface area contributed by atoms with Gasteiger partial charge in [-0.05, 0) is 18.9 Å². The van der Waals surface area contributed by atoms with Crippen molar-refractivity contribution in [3.63, 3.8) is 0 Å². The van der Waals surface area contributed by atoms with E-state index in [9.17, 15) is 9.59 Å². The summed E-state index contributed by atoms with van der Waals surface area (Å²) >= 11 is 0. The van der Waals surface area contributed by atoms with E-state index in [1.165, 1.54) is 12.2 Å². The Bertz CT molecular complexity index is 286. The van der Waals surface area contributed by atoms with Crippen LogP contribution in [-0.2, 0) is 19.1 Å². The van der Waals surface area contributed by atoms with E-state index in [0.717, 1.165) is 12.8 Å². The standard InChI is InChI=1S/C12H19NO5/c1-2-11(15)17-8-9-18-12(16)6-4-3-5-7-13-10-14/h2,11,15H,1,3-9H2. The summed E-state index contributed by atoms with van der Waals surface area (Å²) in [5.41, 5.74) is 0. The number of aliphatic imine (C=N–C) groups is 1. The van der Waals surface area contributed by atoms with Crippen molar-refractivity contribution in [1.29, 1.82) is 0 Å². The number of hydrogen-bond donors (Lipinski definition) is 1. The largest absolute Gasteiger partial charge is 0.463 e. The number of esters is 1. The lowest BCUT2D eigenvalue weighted by Crippen LogP contribution is -2.15. The van der Waals surface area contributed by atoms with E-state index in [1.54, 1.807) is 0 Å². The van der Waals surface area contributed by atoms with Crippen LogP contribution in [0.1, 0.15) is 25.7 Å². The summed E-state index contributed by atoms with van der Waals surface area (Å²) in [6, 6.07) is 0. The molecular formula is C12H19NO5. The quantitative estimate of drug-likeness (QED) is 0.149. The molecule has 1 N–H and O–H groups in total. The van der Waals surface area contributed by atoms with Crippen molar-refractivity contribution < 1.29 is 24.2 Å². The lowest BCUT2D eigenvalue weighted by Gasteiger charge is -2.08. The molecule has 18 heavy (non-hydrogen) atoms. The van der Waals surface area contributed by atoms with E-state index in [2.05, 4.69) is 11.6 Å². The molecular weight excluding hydrogens is 238 g/mol. The van der Waals surface area contributed by atoms with Crippen molar-refractivity contribution in [2.75, 3.05) is 19.8 Å². The van der Waals surface area contributed by atoms with Crippen LogP contribution in [0.3, 0.4) is 0 Å². The SMILES string of the molecule is C=CC(O)OCCOC(=O)CCCCCN=C=O. The molecule has 6 nitrogen and oxygen atoms in total. The molecule has 102 valence electrons. The molecule has 0 saturated carbocycles. The number of aliphatic hydroxyl groups excluding tert-OH is 1. The molecule has 0 radical (unpaired) electrons. The minimum absolute atomic E-state index is 0.110. The third-order valence-corrected chi connectivity index (χ3v) is 2.05. The smallest absolute Gasteiger partial charge is 0.305 e. The van der Waals surface area contributed by atoms with Crippen LogP contribution in [0, 0.1) is 0 Å². The van der Waals surface area contributed by atoms with E-state index < -0.39 is 6.29 Å². The molecule has 0 fully saturated rings. The molecule has 0 aliphatic carbocycles. The van der Waals surface area contributed by atoms with Crippen molar-refractivity contribution in [3.05, 3.63) is 12.7 Å². The average Bonchev–Trinajstić information content (AvgIpc) is 2.38. The lowest BCUT2D eigenvalue weighted by molar-refractivity contribution is -0.148. The zero-order valence-corrected chi connectivity index (χ0v) is 10.3. The number of rotatable bonds is 11. The van der Waals surface area contributed by atoms with E-state index in [1.807, 2.05) is 0 Å². The van der Waals surface area contributed by atoms with Crippen LogP contribution in [-0.4, -0.2) is 43.2 Å². The number of carbonyl (C=O) groups is 1. The van der Waals surface area contributed by atoms with Gasteiger partial charge in [0.1, 0.15) is 6.61 Å². The van der Waals surface area contributed by atoms with Gasteiger partial charge in [0.15, 0.2) is 6.29 Å². The fourth-order valence-corrected chi connectivity index (χ4v) is 1.15. The van der Waals surface area contributed by atoms with Crippen molar-refractivity contribution in [1.82, 2.24) is 0 Å². The number of isocyanates is 1. The second kappa shape index (κ2) is 12.0. The van der Waals surface area contributed by atoms with Crippen LogP contribution in [0.2, 0.25) is 0 Å². The molecule has 1 unspecified atom stereocenters. The zero-order valence-electron chi connectivity index (χ0n) is 10.3. The van der Waals surface area contributed by atoms with E-state index in [-0.39, 0.29) is 19.2 Å². The second-order valence-corrected chi connectivity index (χ2v) is 3.50. The molecule has 0 aromatic rings. The van der Waals surface area contributed by atoms with Gasteiger partial charge in [0.05, 0.1) is 13.2 Å². The van der Waals surface area contributed by atoms with Gasteiger partial charge in [-0.3, -0.25) is 4.79 Å². The van der Waals surface area contributed by atoms with Gasteiger partial charge >= 0.3 is 5.97 Å². The molecule has 0 aliphatic rings.